The molecule has 1 fully saturated rings. The number of nitrogens with zero attached hydrogens (tertiary/aromatic N) is 2. The molecule has 1 aromatic rings. The lowest BCUT2D eigenvalue weighted by Gasteiger charge is -2.31. The molecule has 4 heteroatoms. The van der Waals surface area contributed by atoms with Crippen molar-refractivity contribution in [3.8, 4) is 5.88 Å². The number of hydrogen-bond acceptors (Lipinski definition) is 3. The Morgan fingerprint density at radius 1 is 1.53 bits per heavy atom. The zero-order valence-electron chi connectivity index (χ0n) is 11.3. The second-order valence-electron chi connectivity index (χ2n) is 4.90. The first kappa shape index (κ1) is 12.4. The molecule has 0 radical (unpaired) electrons. The molecule has 0 saturated carbocycles. The molecule has 0 bridgehead atoms. The molecule has 2 heterocycles. The second kappa shape index (κ2) is 5.08. The molecule has 0 aromatic carbocycles. The van der Waals surface area contributed by atoms with E-state index in [-0.39, 0.29) is 0 Å². The normalized spacial score (nSPS) is 24.9. The van der Waals surface area contributed by atoms with Gasteiger partial charge in [-0.3, -0.25) is 0 Å². The maximum Gasteiger partial charge on any atom is 0.215 e. The topological polar surface area (TPSA) is 39.1 Å². The lowest BCUT2D eigenvalue weighted by molar-refractivity contribution is 0.302. The number of aryl methyl sites for hydroxylation is 2. The van der Waals surface area contributed by atoms with Crippen molar-refractivity contribution < 1.29 is 4.74 Å². The Bertz CT molecular complexity index is 386. The molecule has 0 aliphatic carbocycles. The third kappa shape index (κ3) is 2.18. The number of methoxy groups -OCH3 is 1. The molecule has 96 valence electrons. The third-order valence-electron chi connectivity index (χ3n) is 3.91. The summed E-state index contributed by atoms with van der Waals surface area (Å²) in [5.74, 6) is 2.22. The molecular weight excluding hydrogens is 214 g/mol. The van der Waals surface area contributed by atoms with Crippen LogP contribution in [0.25, 0.3) is 0 Å². The first-order valence-corrected chi connectivity index (χ1v) is 6.47. The highest BCUT2D eigenvalue weighted by Gasteiger charge is 2.31. The fraction of sp³-hybridized carbons (Fsp3) is 0.769. The molecular formula is C13H23N3O. The smallest absolute Gasteiger partial charge is 0.215 e. The lowest BCUT2D eigenvalue weighted by atomic mass is 9.80. The fourth-order valence-electron chi connectivity index (χ4n) is 3.05. The van der Waals surface area contributed by atoms with Crippen molar-refractivity contribution in [2.24, 2.45) is 13.0 Å². The zero-order valence-corrected chi connectivity index (χ0v) is 11.3. The molecule has 1 aliphatic heterocycles. The van der Waals surface area contributed by atoms with Gasteiger partial charge in [-0.25, -0.2) is 4.68 Å². The van der Waals surface area contributed by atoms with Crippen LogP contribution in [-0.2, 0) is 7.05 Å². The Hall–Kier alpha value is -1.03. The number of rotatable bonds is 3. The molecule has 1 aromatic heterocycles. The van der Waals surface area contributed by atoms with E-state index in [1.807, 2.05) is 11.7 Å². The maximum atomic E-state index is 5.52. The van der Waals surface area contributed by atoms with Crippen LogP contribution in [0.4, 0.5) is 0 Å². The van der Waals surface area contributed by atoms with Gasteiger partial charge in [-0.05, 0) is 38.3 Å². The van der Waals surface area contributed by atoms with Crippen LogP contribution in [0, 0.1) is 12.8 Å². The minimum atomic E-state index is 0.588. The molecule has 1 aliphatic rings. The van der Waals surface area contributed by atoms with Crippen LogP contribution in [-0.4, -0.2) is 30.0 Å². The third-order valence-corrected chi connectivity index (χ3v) is 3.91. The second-order valence-corrected chi connectivity index (χ2v) is 4.90. The quantitative estimate of drug-likeness (QED) is 0.872. The number of piperidine rings is 1. The van der Waals surface area contributed by atoms with Crippen molar-refractivity contribution in [3.05, 3.63) is 11.3 Å². The standard InChI is InChI=1S/C13H23N3O/c1-5-10-8-14-7-6-11(10)12-9(2)15-16(3)13(12)17-4/h10-11,14H,5-8H2,1-4H3. The molecule has 2 rings (SSSR count). The van der Waals surface area contributed by atoms with Crippen molar-refractivity contribution in [3.63, 3.8) is 0 Å². The van der Waals surface area contributed by atoms with Crippen molar-refractivity contribution in [2.75, 3.05) is 20.2 Å². The van der Waals surface area contributed by atoms with Crippen LogP contribution in [0.2, 0.25) is 0 Å². The maximum absolute atomic E-state index is 5.52. The summed E-state index contributed by atoms with van der Waals surface area (Å²) in [4.78, 5) is 0. The van der Waals surface area contributed by atoms with E-state index >= 15 is 0 Å². The van der Waals surface area contributed by atoms with Gasteiger partial charge >= 0.3 is 0 Å². The van der Waals surface area contributed by atoms with Crippen LogP contribution >= 0.6 is 0 Å². The van der Waals surface area contributed by atoms with E-state index in [9.17, 15) is 0 Å². The van der Waals surface area contributed by atoms with Gasteiger partial charge in [0.05, 0.1) is 12.8 Å². The first-order valence-electron chi connectivity index (χ1n) is 6.47. The minimum absolute atomic E-state index is 0.588. The number of aromatic nitrogens is 2. The van der Waals surface area contributed by atoms with Gasteiger partial charge in [-0.15, -0.1) is 0 Å². The Morgan fingerprint density at radius 3 is 2.94 bits per heavy atom. The first-order chi connectivity index (χ1) is 8.19. The van der Waals surface area contributed by atoms with Gasteiger partial charge in [0.1, 0.15) is 0 Å². The van der Waals surface area contributed by atoms with Crippen molar-refractivity contribution in [1.82, 2.24) is 15.1 Å². The molecule has 2 atom stereocenters. The van der Waals surface area contributed by atoms with Crippen molar-refractivity contribution in [1.29, 1.82) is 0 Å². The highest BCUT2D eigenvalue weighted by Crippen LogP contribution is 2.38. The van der Waals surface area contributed by atoms with Crippen LogP contribution < -0.4 is 10.1 Å². The Labute approximate surface area is 103 Å². The van der Waals surface area contributed by atoms with Gasteiger partial charge < -0.3 is 10.1 Å². The molecule has 4 nitrogen and oxygen atoms in total. The highest BCUT2D eigenvalue weighted by molar-refractivity contribution is 5.35. The predicted octanol–water partition coefficient (Wildman–Crippen LogP) is 1.84. The summed E-state index contributed by atoms with van der Waals surface area (Å²) in [7, 11) is 3.69. The highest BCUT2D eigenvalue weighted by atomic mass is 16.5. The summed E-state index contributed by atoms with van der Waals surface area (Å²) in [6.45, 7) is 6.56. The van der Waals surface area contributed by atoms with E-state index in [2.05, 4.69) is 24.3 Å². The van der Waals surface area contributed by atoms with Gasteiger partial charge in [-0.2, -0.15) is 5.10 Å². The summed E-state index contributed by atoms with van der Waals surface area (Å²) in [6, 6.07) is 0. The molecule has 1 N–H and O–H groups in total. The summed E-state index contributed by atoms with van der Waals surface area (Å²) >= 11 is 0. The van der Waals surface area contributed by atoms with E-state index < -0.39 is 0 Å². The molecule has 17 heavy (non-hydrogen) atoms. The largest absolute Gasteiger partial charge is 0.481 e. The van der Waals surface area contributed by atoms with E-state index in [1.54, 1.807) is 7.11 Å². The zero-order chi connectivity index (χ0) is 12.4. The van der Waals surface area contributed by atoms with Crippen LogP contribution in [0.5, 0.6) is 5.88 Å². The van der Waals surface area contributed by atoms with Crippen LogP contribution in [0.1, 0.15) is 36.9 Å². The van der Waals surface area contributed by atoms with Crippen LogP contribution in [0.15, 0.2) is 0 Å². The van der Waals surface area contributed by atoms with Gasteiger partial charge in [0.15, 0.2) is 0 Å². The van der Waals surface area contributed by atoms with Crippen LogP contribution in [0.3, 0.4) is 0 Å². The Balaban J connectivity index is 2.37. The predicted molar refractivity (Wildman–Crippen MR) is 68.5 cm³/mol. The SMILES string of the molecule is CCC1CNCCC1c1c(C)nn(C)c1OC. The summed E-state index contributed by atoms with van der Waals surface area (Å²) in [5, 5.41) is 7.98. The van der Waals surface area contributed by atoms with E-state index in [0.717, 1.165) is 24.7 Å². The van der Waals surface area contributed by atoms with Crippen molar-refractivity contribution in [2.45, 2.75) is 32.6 Å². The number of ether oxygens (including phenoxy) is 1. The summed E-state index contributed by atoms with van der Waals surface area (Å²) in [6.07, 6.45) is 2.39. The average molecular weight is 237 g/mol. The number of nitrogens with one attached hydrogen (secondary N) is 1. The minimum Gasteiger partial charge on any atom is -0.481 e. The monoisotopic (exact) mass is 237 g/mol. The Morgan fingerprint density at radius 2 is 2.29 bits per heavy atom. The summed E-state index contributed by atoms with van der Waals surface area (Å²) < 4.78 is 7.38. The average Bonchev–Trinajstić information content (AvgIpc) is 2.63. The Kier molecular flexibility index (Phi) is 3.72. The van der Waals surface area contributed by atoms with Gasteiger partial charge in [0, 0.05) is 12.6 Å². The van der Waals surface area contributed by atoms with E-state index in [0.29, 0.717) is 11.8 Å². The number of hydrogen-bond donors (Lipinski definition) is 1. The van der Waals surface area contributed by atoms with Gasteiger partial charge in [0.25, 0.3) is 0 Å². The van der Waals surface area contributed by atoms with E-state index in [4.69, 9.17) is 4.74 Å². The molecule has 1 saturated heterocycles. The van der Waals surface area contributed by atoms with Gasteiger partial charge in [-0.1, -0.05) is 13.3 Å². The summed E-state index contributed by atoms with van der Waals surface area (Å²) in [5.41, 5.74) is 2.44. The molecule has 0 spiro atoms. The van der Waals surface area contributed by atoms with Crippen molar-refractivity contribution >= 4 is 0 Å². The molecule has 0 amide bonds. The van der Waals surface area contributed by atoms with Gasteiger partial charge in [0.2, 0.25) is 5.88 Å². The van der Waals surface area contributed by atoms with E-state index in [1.165, 1.54) is 18.4 Å². The fourth-order valence-corrected chi connectivity index (χ4v) is 3.05. The lowest BCUT2D eigenvalue weighted by Crippen LogP contribution is -2.35. The molecule has 2 unspecified atom stereocenters.